The lowest BCUT2D eigenvalue weighted by atomic mass is 9.93. The van der Waals surface area contributed by atoms with Crippen LogP contribution in [0.3, 0.4) is 0 Å². The van der Waals surface area contributed by atoms with Crippen LogP contribution in [-0.2, 0) is 6.42 Å². The number of amides is 2. The Bertz CT molecular complexity index is 1130. The number of carbonyl (C=O) groups excluding carboxylic acids is 2. The summed E-state index contributed by atoms with van der Waals surface area (Å²) in [4.78, 5) is 29.2. The van der Waals surface area contributed by atoms with E-state index in [1.165, 1.54) is 0 Å². The molecule has 1 aliphatic rings. The molecule has 4 rings (SSSR count). The molecule has 7 heteroatoms. The number of aromatic nitrogens is 1. The average Bonchev–Trinajstić information content (AvgIpc) is 3.10. The summed E-state index contributed by atoms with van der Waals surface area (Å²) in [6.45, 7) is 3.72. The number of rotatable bonds is 4. The van der Waals surface area contributed by atoms with Crippen LogP contribution in [0.5, 0.6) is 0 Å². The molecule has 30 heavy (non-hydrogen) atoms. The van der Waals surface area contributed by atoms with E-state index in [1.807, 2.05) is 32.0 Å². The van der Waals surface area contributed by atoms with Crippen LogP contribution in [0.25, 0.3) is 0 Å². The number of hydrogen-bond acceptors (Lipinski definition) is 5. The summed E-state index contributed by atoms with van der Waals surface area (Å²) in [5, 5.41) is 7.17. The van der Waals surface area contributed by atoms with Crippen molar-refractivity contribution in [1.82, 2.24) is 10.4 Å². The number of hydrazone groups is 1. The number of nitrogens with zero attached hydrogens (tertiary/aromatic N) is 2. The van der Waals surface area contributed by atoms with Crippen LogP contribution >= 0.6 is 0 Å². The zero-order valence-corrected chi connectivity index (χ0v) is 16.9. The number of furan rings is 1. The Kier molecular flexibility index (Phi) is 5.43. The number of benzene rings is 1. The number of hydrogen-bond donors (Lipinski definition) is 2. The monoisotopic (exact) mass is 402 g/mol. The zero-order chi connectivity index (χ0) is 21.1. The van der Waals surface area contributed by atoms with Gasteiger partial charge in [-0.1, -0.05) is 18.2 Å². The number of aryl methyl sites for hydroxylation is 2. The van der Waals surface area contributed by atoms with Gasteiger partial charge in [0.2, 0.25) is 0 Å². The highest BCUT2D eigenvalue weighted by Crippen LogP contribution is 2.30. The SMILES string of the molecule is Cc1ccccc1C(=O)N/N=C1\CCCc2oc(C(=O)Nc3cccnc3)c(C)c21. The molecule has 0 saturated carbocycles. The van der Waals surface area contributed by atoms with Gasteiger partial charge in [-0.2, -0.15) is 5.10 Å². The van der Waals surface area contributed by atoms with Crippen molar-refractivity contribution < 1.29 is 14.0 Å². The minimum atomic E-state index is -0.335. The maximum atomic E-state index is 12.7. The van der Waals surface area contributed by atoms with Crippen LogP contribution in [0.1, 0.15) is 56.2 Å². The van der Waals surface area contributed by atoms with E-state index in [2.05, 4.69) is 20.8 Å². The molecule has 2 amide bonds. The first kappa shape index (κ1) is 19.6. The number of pyridine rings is 1. The topological polar surface area (TPSA) is 96.6 Å². The highest BCUT2D eigenvalue weighted by atomic mass is 16.4. The standard InChI is InChI=1S/C23H22N4O3/c1-14-7-3-4-9-17(14)22(28)27-26-18-10-5-11-19-20(18)15(2)21(30-19)23(29)25-16-8-6-12-24-13-16/h3-4,6-9,12-13H,5,10-11H2,1-2H3,(H,25,29)(H,27,28)/b26-18+. The molecule has 2 aromatic heterocycles. The maximum absolute atomic E-state index is 12.7. The molecule has 3 aromatic rings. The molecule has 0 bridgehead atoms. The van der Waals surface area contributed by atoms with E-state index >= 15 is 0 Å². The summed E-state index contributed by atoms with van der Waals surface area (Å²) in [5.74, 6) is 0.379. The zero-order valence-electron chi connectivity index (χ0n) is 16.9. The van der Waals surface area contributed by atoms with Crippen LogP contribution in [0.15, 0.2) is 58.3 Å². The molecule has 0 fully saturated rings. The van der Waals surface area contributed by atoms with Gasteiger partial charge in [-0.05, 0) is 50.5 Å². The smallest absolute Gasteiger partial charge is 0.291 e. The van der Waals surface area contributed by atoms with Crippen molar-refractivity contribution in [2.45, 2.75) is 33.1 Å². The first-order valence-electron chi connectivity index (χ1n) is 9.81. The van der Waals surface area contributed by atoms with Crippen molar-refractivity contribution in [2.75, 3.05) is 5.32 Å². The van der Waals surface area contributed by atoms with Crippen molar-refractivity contribution in [2.24, 2.45) is 5.10 Å². The third-order valence-corrected chi connectivity index (χ3v) is 5.13. The van der Waals surface area contributed by atoms with Crippen LogP contribution < -0.4 is 10.7 Å². The fourth-order valence-electron chi connectivity index (χ4n) is 3.63. The maximum Gasteiger partial charge on any atom is 0.291 e. The first-order valence-corrected chi connectivity index (χ1v) is 9.81. The van der Waals surface area contributed by atoms with E-state index in [1.54, 1.807) is 30.6 Å². The lowest BCUT2D eigenvalue weighted by molar-refractivity contribution is 0.0953. The van der Waals surface area contributed by atoms with Crippen molar-refractivity contribution in [1.29, 1.82) is 0 Å². The van der Waals surface area contributed by atoms with E-state index in [9.17, 15) is 9.59 Å². The second-order valence-corrected chi connectivity index (χ2v) is 7.22. The second-order valence-electron chi connectivity index (χ2n) is 7.22. The molecule has 2 N–H and O–H groups in total. The van der Waals surface area contributed by atoms with Crippen LogP contribution in [0.2, 0.25) is 0 Å². The minimum Gasteiger partial charge on any atom is -0.455 e. The average molecular weight is 402 g/mol. The Morgan fingerprint density at radius 3 is 2.67 bits per heavy atom. The minimum absolute atomic E-state index is 0.253. The molecule has 0 aliphatic heterocycles. The highest BCUT2D eigenvalue weighted by Gasteiger charge is 2.28. The molecule has 0 spiro atoms. The van der Waals surface area contributed by atoms with Gasteiger partial charge in [0.25, 0.3) is 11.8 Å². The Labute approximate surface area is 174 Å². The Morgan fingerprint density at radius 2 is 1.90 bits per heavy atom. The van der Waals surface area contributed by atoms with Gasteiger partial charge in [-0.3, -0.25) is 14.6 Å². The Hall–Kier alpha value is -3.74. The second kappa shape index (κ2) is 8.32. The fourth-order valence-corrected chi connectivity index (χ4v) is 3.63. The van der Waals surface area contributed by atoms with E-state index in [-0.39, 0.29) is 17.6 Å². The van der Waals surface area contributed by atoms with E-state index in [0.717, 1.165) is 41.0 Å². The summed E-state index contributed by atoms with van der Waals surface area (Å²) < 4.78 is 5.89. The molecular weight excluding hydrogens is 380 g/mol. The van der Waals surface area contributed by atoms with E-state index < -0.39 is 0 Å². The van der Waals surface area contributed by atoms with Gasteiger partial charge in [-0.15, -0.1) is 0 Å². The normalized spacial score (nSPS) is 14.3. The molecular formula is C23H22N4O3. The summed E-state index contributed by atoms with van der Waals surface area (Å²) in [5.41, 5.74) is 6.96. The molecule has 7 nitrogen and oxygen atoms in total. The molecule has 0 atom stereocenters. The van der Waals surface area contributed by atoms with Gasteiger partial charge in [0, 0.05) is 29.3 Å². The summed E-state index contributed by atoms with van der Waals surface area (Å²) in [6, 6.07) is 10.9. The molecule has 2 heterocycles. The lowest BCUT2D eigenvalue weighted by Crippen LogP contribution is -2.22. The van der Waals surface area contributed by atoms with E-state index in [4.69, 9.17) is 4.42 Å². The van der Waals surface area contributed by atoms with Gasteiger partial charge in [0.15, 0.2) is 5.76 Å². The molecule has 1 aliphatic carbocycles. The summed E-state index contributed by atoms with van der Waals surface area (Å²) in [7, 11) is 0. The predicted molar refractivity (Wildman–Crippen MR) is 114 cm³/mol. The largest absolute Gasteiger partial charge is 0.455 e. The molecule has 152 valence electrons. The number of nitrogens with one attached hydrogen (secondary N) is 2. The predicted octanol–water partition coefficient (Wildman–Crippen LogP) is 4.01. The molecule has 0 saturated heterocycles. The van der Waals surface area contributed by atoms with Gasteiger partial charge in [0.1, 0.15) is 5.76 Å². The molecule has 1 aromatic carbocycles. The summed E-state index contributed by atoms with van der Waals surface area (Å²) >= 11 is 0. The van der Waals surface area contributed by atoms with Crippen LogP contribution in [0, 0.1) is 13.8 Å². The van der Waals surface area contributed by atoms with Gasteiger partial charge >= 0.3 is 0 Å². The molecule has 0 unspecified atom stereocenters. The number of carbonyl (C=O) groups is 2. The van der Waals surface area contributed by atoms with Gasteiger partial charge < -0.3 is 9.73 Å². The van der Waals surface area contributed by atoms with Crippen LogP contribution in [-0.4, -0.2) is 22.5 Å². The Balaban J connectivity index is 1.58. The van der Waals surface area contributed by atoms with Crippen molar-refractivity contribution in [3.05, 3.63) is 82.6 Å². The lowest BCUT2D eigenvalue weighted by Gasteiger charge is -2.13. The Morgan fingerprint density at radius 1 is 1.07 bits per heavy atom. The van der Waals surface area contributed by atoms with Gasteiger partial charge in [-0.25, -0.2) is 5.43 Å². The quantitative estimate of drug-likeness (QED) is 0.644. The highest BCUT2D eigenvalue weighted by molar-refractivity contribution is 6.09. The van der Waals surface area contributed by atoms with Crippen LogP contribution in [0.4, 0.5) is 5.69 Å². The third kappa shape index (κ3) is 3.87. The third-order valence-electron chi connectivity index (χ3n) is 5.13. The van der Waals surface area contributed by atoms with Crippen molar-refractivity contribution in [3.8, 4) is 0 Å². The number of anilines is 1. The summed E-state index contributed by atoms with van der Waals surface area (Å²) in [6.07, 6.45) is 5.47. The van der Waals surface area contributed by atoms with Crippen molar-refractivity contribution in [3.63, 3.8) is 0 Å². The first-order chi connectivity index (χ1) is 14.5. The fraction of sp³-hybridized carbons (Fsp3) is 0.217. The molecule has 0 radical (unpaired) electrons. The van der Waals surface area contributed by atoms with Gasteiger partial charge in [0.05, 0.1) is 17.6 Å². The van der Waals surface area contributed by atoms with E-state index in [0.29, 0.717) is 17.7 Å². The van der Waals surface area contributed by atoms with Crippen molar-refractivity contribution >= 4 is 23.2 Å². The number of fused-ring (bicyclic) bond motifs is 1.